The molecule has 0 bridgehead atoms. The van der Waals surface area contributed by atoms with Gasteiger partial charge in [-0.1, -0.05) is 32.6 Å². The summed E-state index contributed by atoms with van der Waals surface area (Å²) in [6.07, 6.45) is 11.0. The molecule has 2 fully saturated rings. The van der Waals surface area contributed by atoms with Crippen LogP contribution in [-0.2, 0) is 0 Å². The molecule has 0 unspecified atom stereocenters. The SMILES string of the molecule is CCN1CCC(CN)(N(C)C2CCCCCC2)CC1. The number of hydrogen-bond acceptors (Lipinski definition) is 3. The van der Waals surface area contributed by atoms with Crippen LogP contribution in [0, 0.1) is 0 Å². The third-order valence-corrected chi connectivity index (χ3v) is 5.73. The second-order valence-electron chi connectivity index (χ2n) is 6.62. The molecular weight excluding hydrogens is 234 g/mol. The summed E-state index contributed by atoms with van der Waals surface area (Å²) < 4.78 is 0. The van der Waals surface area contributed by atoms with Crippen molar-refractivity contribution in [2.45, 2.75) is 69.9 Å². The minimum atomic E-state index is 0.278. The van der Waals surface area contributed by atoms with E-state index >= 15 is 0 Å². The van der Waals surface area contributed by atoms with Crippen molar-refractivity contribution < 1.29 is 0 Å². The molecule has 0 aromatic heterocycles. The molecule has 0 amide bonds. The van der Waals surface area contributed by atoms with Crippen molar-refractivity contribution >= 4 is 0 Å². The van der Waals surface area contributed by atoms with E-state index in [-0.39, 0.29) is 5.54 Å². The summed E-state index contributed by atoms with van der Waals surface area (Å²) in [7, 11) is 2.35. The number of hydrogen-bond donors (Lipinski definition) is 1. The van der Waals surface area contributed by atoms with Crippen molar-refractivity contribution in [3.8, 4) is 0 Å². The molecule has 112 valence electrons. The van der Waals surface area contributed by atoms with Crippen molar-refractivity contribution in [3.63, 3.8) is 0 Å². The molecule has 1 saturated carbocycles. The molecule has 19 heavy (non-hydrogen) atoms. The van der Waals surface area contributed by atoms with E-state index in [1.165, 1.54) is 71.0 Å². The van der Waals surface area contributed by atoms with Gasteiger partial charge < -0.3 is 10.6 Å². The summed E-state index contributed by atoms with van der Waals surface area (Å²) >= 11 is 0. The van der Waals surface area contributed by atoms with Gasteiger partial charge in [0.25, 0.3) is 0 Å². The molecule has 2 N–H and O–H groups in total. The normalized spacial score (nSPS) is 26.5. The molecule has 0 spiro atoms. The monoisotopic (exact) mass is 267 g/mol. The van der Waals surface area contributed by atoms with E-state index in [9.17, 15) is 0 Å². The van der Waals surface area contributed by atoms with E-state index in [4.69, 9.17) is 5.73 Å². The first-order valence-corrected chi connectivity index (χ1v) is 8.37. The van der Waals surface area contributed by atoms with Crippen LogP contribution in [0.15, 0.2) is 0 Å². The van der Waals surface area contributed by atoms with E-state index in [1.807, 2.05) is 0 Å². The molecule has 3 heteroatoms. The van der Waals surface area contributed by atoms with E-state index in [0.717, 1.165) is 12.6 Å². The minimum Gasteiger partial charge on any atom is -0.329 e. The number of likely N-dealkylation sites (N-methyl/N-ethyl adjacent to an activating group) is 1. The maximum atomic E-state index is 6.21. The van der Waals surface area contributed by atoms with Crippen LogP contribution in [0.4, 0.5) is 0 Å². The fourth-order valence-corrected chi connectivity index (χ4v) is 4.02. The van der Waals surface area contributed by atoms with Crippen LogP contribution in [0.2, 0.25) is 0 Å². The number of likely N-dealkylation sites (tertiary alicyclic amines) is 1. The van der Waals surface area contributed by atoms with E-state index in [2.05, 4.69) is 23.8 Å². The molecule has 2 aliphatic rings. The molecule has 1 aliphatic carbocycles. The topological polar surface area (TPSA) is 32.5 Å². The van der Waals surface area contributed by atoms with Crippen LogP contribution in [0.1, 0.15) is 58.3 Å². The Bertz CT molecular complexity index is 251. The molecule has 1 heterocycles. The van der Waals surface area contributed by atoms with Gasteiger partial charge in [0, 0.05) is 18.1 Å². The highest BCUT2D eigenvalue weighted by molar-refractivity contribution is 4.97. The maximum Gasteiger partial charge on any atom is 0.0355 e. The molecule has 0 aromatic rings. The second kappa shape index (κ2) is 7.05. The van der Waals surface area contributed by atoms with Gasteiger partial charge in [-0.25, -0.2) is 0 Å². The first kappa shape index (κ1) is 15.3. The summed E-state index contributed by atoms with van der Waals surface area (Å²) in [6, 6.07) is 0.777. The van der Waals surface area contributed by atoms with Gasteiger partial charge >= 0.3 is 0 Å². The molecular formula is C16H33N3. The fourth-order valence-electron chi connectivity index (χ4n) is 4.02. The Labute approximate surface area is 119 Å². The zero-order valence-corrected chi connectivity index (χ0v) is 13.0. The Morgan fingerprint density at radius 2 is 1.68 bits per heavy atom. The molecule has 0 aromatic carbocycles. The summed E-state index contributed by atoms with van der Waals surface area (Å²) in [5.74, 6) is 0. The Kier molecular flexibility index (Phi) is 5.67. The zero-order chi connectivity index (χ0) is 13.7. The second-order valence-corrected chi connectivity index (χ2v) is 6.62. The Balaban J connectivity index is 1.99. The lowest BCUT2D eigenvalue weighted by Crippen LogP contribution is -2.60. The van der Waals surface area contributed by atoms with Gasteiger partial charge in [0.15, 0.2) is 0 Å². The van der Waals surface area contributed by atoms with Crippen LogP contribution in [-0.4, -0.2) is 54.6 Å². The number of nitrogens with zero attached hydrogens (tertiary/aromatic N) is 2. The van der Waals surface area contributed by atoms with Gasteiger partial charge in [-0.3, -0.25) is 4.90 Å². The van der Waals surface area contributed by atoms with Crippen molar-refractivity contribution in [2.24, 2.45) is 5.73 Å². The summed E-state index contributed by atoms with van der Waals surface area (Å²) in [5.41, 5.74) is 6.49. The van der Waals surface area contributed by atoms with Crippen LogP contribution in [0.3, 0.4) is 0 Å². The van der Waals surface area contributed by atoms with E-state index in [1.54, 1.807) is 0 Å². The summed E-state index contributed by atoms with van der Waals surface area (Å²) in [5, 5.41) is 0. The van der Waals surface area contributed by atoms with E-state index < -0.39 is 0 Å². The highest BCUT2D eigenvalue weighted by Crippen LogP contribution is 2.32. The van der Waals surface area contributed by atoms with Crippen LogP contribution < -0.4 is 5.73 Å². The van der Waals surface area contributed by atoms with Crippen molar-refractivity contribution in [1.82, 2.24) is 9.80 Å². The lowest BCUT2D eigenvalue weighted by atomic mass is 9.84. The molecule has 1 aliphatic heterocycles. The highest BCUT2D eigenvalue weighted by atomic mass is 15.2. The van der Waals surface area contributed by atoms with Crippen LogP contribution in [0.5, 0.6) is 0 Å². The average Bonchev–Trinajstić information content (AvgIpc) is 2.75. The summed E-state index contributed by atoms with van der Waals surface area (Å²) in [6.45, 7) is 6.74. The lowest BCUT2D eigenvalue weighted by Gasteiger charge is -2.50. The molecule has 0 atom stereocenters. The first-order chi connectivity index (χ1) is 9.22. The first-order valence-electron chi connectivity index (χ1n) is 8.37. The lowest BCUT2D eigenvalue weighted by molar-refractivity contribution is 0.0132. The third-order valence-electron chi connectivity index (χ3n) is 5.73. The minimum absolute atomic E-state index is 0.278. The van der Waals surface area contributed by atoms with Crippen LogP contribution in [0.25, 0.3) is 0 Å². The summed E-state index contributed by atoms with van der Waals surface area (Å²) in [4.78, 5) is 5.25. The van der Waals surface area contributed by atoms with Gasteiger partial charge in [0.1, 0.15) is 0 Å². The van der Waals surface area contributed by atoms with Crippen molar-refractivity contribution in [1.29, 1.82) is 0 Å². The molecule has 1 saturated heterocycles. The predicted octanol–water partition coefficient (Wildman–Crippen LogP) is 2.45. The van der Waals surface area contributed by atoms with Gasteiger partial charge in [-0.2, -0.15) is 0 Å². The Morgan fingerprint density at radius 3 is 2.16 bits per heavy atom. The zero-order valence-electron chi connectivity index (χ0n) is 13.0. The number of piperidine rings is 1. The van der Waals surface area contributed by atoms with Gasteiger partial charge in [0.2, 0.25) is 0 Å². The molecule has 3 nitrogen and oxygen atoms in total. The average molecular weight is 267 g/mol. The molecule has 2 rings (SSSR count). The smallest absolute Gasteiger partial charge is 0.0355 e. The number of nitrogens with two attached hydrogens (primary N) is 1. The van der Waals surface area contributed by atoms with Gasteiger partial charge in [-0.05, 0) is 52.4 Å². The standard InChI is InChI=1S/C16H33N3/c1-3-19-12-10-16(14-17,11-13-19)18(2)15-8-6-4-5-7-9-15/h15H,3-14,17H2,1-2H3. The Hall–Kier alpha value is -0.120. The quantitative estimate of drug-likeness (QED) is 0.794. The largest absolute Gasteiger partial charge is 0.329 e. The Morgan fingerprint density at radius 1 is 1.11 bits per heavy atom. The third kappa shape index (κ3) is 3.50. The predicted molar refractivity (Wildman–Crippen MR) is 82.4 cm³/mol. The van der Waals surface area contributed by atoms with Gasteiger partial charge in [0.05, 0.1) is 0 Å². The van der Waals surface area contributed by atoms with Crippen LogP contribution >= 0.6 is 0 Å². The highest BCUT2D eigenvalue weighted by Gasteiger charge is 2.39. The number of rotatable bonds is 4. The molecule has 0 radical (unpaired) electrons. The van der Waals surface area contributed by atoms with E-state index in [0.29, 0.717) is 0 Å². The maximum absolute atomic E-state index is 6.21. The van der Waals surface area contributed by atoms with Crippen molar-refractivity contribution in [2.75, 3.05) is 33.2 Å². The fraction of sp³-hybridized carbons (Fsp3) is 1.00. The van der Waals surface area contributed by atoms with Gasteiger partial charge in [-0.15, -0.1) is 0 Å². The van der Waals surface area contributed by atoms with Crippen molar-refractivity contribution in [3.05, 3.63) is 0 Å².